The lowest BCUT2D eigenvalue weighted by Crippen LogP contribution is -2.36. The van der Waals surface area contributed by atoms with Gasteiger partial charge in [-0.1, -0.05) is 43.8 Å². The predicted molar refractivity (Wildman–Crippen MR) is 119 cm³/mol. The molecule has 0 atom stereocenters. The van der Waals surface area contributed by atoms with Gasteiger partial charge in [0.15, 0.2) is 0 Å². The standard InChI is InChI=1S/C22H25N3OS2/c1-13(2)20-23-21(19-14(3)15(4)28-22(19)24-20)27-12-18(26)25-11-7-9-16-8-5-6-10-17(16)25/h5-6,8,10,13H,7,9,11-12H2,1-4H3. The summed E-state index contributed by atoms with van der Waals surface area (Å²) in [5.41, 5.74) is 3.56. The van der Waals surface area contributed by atoms with Gasteiger partial charge in [-0.2, -0.15) is 0 Å². The van der Waals surface area contributed by atoms with Gasteiger partial charge in [0.25, 0.3) is 0 Å². The van der Waals surface area contributed by atoms with Crippen LogP contribution in [0.4, 0.5) is 5.69 Å². The molecule has 0 spiro atoms. The Bertz CT molecular complexity index is 1040. The van der Waals surface area contributed by atoms with Crippen LogP contribution in [0.5, 0.6) is 0 Å². The number of rotatable bonds is 4. The van der Waals surface area contributed by atoms with Crippen molar-refractivity contribution in [1.82, 2.24) is 9.97 Å². The highest BCUT2D eigenvalue weighted by Crippen LogP contribution is 2.36. The van der Waals surface area contributed by atoms with Crippen LogP contribution in [0.15, 0.2) is 29.3 Å². The van der Waals surface area contributed by atoms with Crippen LogP contribution in [0.2, 0.25) is 0 Å². The summed E-state index contributed by atoms with van der Waals surface area (Å²) in [5.74, 6) is 1.66. The smallest absolute Gasteiger partial charge is 0.237 e. The number of amides is 1. The molecular weight excluding hydrogens is 386 g/mol. The Morgan fingerprint density at radius 3 is 2.82 bits per heavy atom. The van der Waals surface area contributed by atoms with Crippen molar-refractivity contribution in [1.29, 1.82) is 0 Å². The number of anilines is 1. The van der Waals surface area contributed by atoms with E-state index in [-0.39, 0.29) is 11.8 Å². The van der Waals surface area contributed by atoms with Crippen LogP contribution in [0.3, 0.4) is 0 Å². The molecule has 0 saturated carbocycles. The van der Waals surface area contributed by atoms with E-state index in [1.807, 2.05) is 17.0 Å². The van der Waals surface area contributed by atoms with E-state index in [9.17, 15) is 4.79 Å². The number of fused-ring (bicyclic) bond motifs is 2. The van der Waals surface area contributed by atoms with Crippen molar-refractivity contribution in [3.63, 3.8) is 0 Å². The van der Waals surface area contributed by atoms with Gasteiger partial charge in [0.1, 0.15) is 15.7 Å². The molecule has 2 aromatic heterocycles. The van der Waals surface area contributed by atoms with E-state index >= 15 is 0 Å². The number of carbonyl (C=O) groups is 1. The van der Waals surface area contributed by atoms with Crippen LogP contribution in [0.25, 0.3) is 10.2 Å². The Balaban J connectivity index is 1.62. The van der Waals surface area contributed by atoms with E-state index < -0.39 is 0 Å². The molecule has 1 amide bonds. The van der Waals surface area contributed by atoms with E-state index in [1.165, 1.54) is 16.0 Å². The van der Waals surface area contributed by atoms with Gasteiger partial charge >= 0.3 is 0 Å². The van der Waals surface area contributed by atoms with Crippen LogP contribution in [-0.4, -0.2) is 28.2 Å². The zero-order valence-electron chi connectivity index (χ0n) is 16.8. The lowest BCUT2D eigenvalue weighted by Gasteiger charge is -2.29. The van der Waals surface area contributed by atoms with Crippen molar-refractivity contribution >= 4 is 44.9 Å². The van der Waals surface area contributed by atoms with Gasteiger partial charge in [0.2, 0.25) is 5.91 Å². The van der Waals surface area contributed by atoms with E-state index in [4.69, 9.17) is 9.97 Å². The number of hydrogen-bond acceptors (Lipinski definition) is 5. The number of para-hydroxylation sites is 1. The molecule has 4 rings (SSSR count). The number of benzene rings is 1. The largest absolute Gasteiger partial charge is 0.311 e. The third-order valence-electron chi connectivity index (χ3n) is 5.27. The Hall–Kier alpha value is -1.92. The van der Waals surface area contributed by atoms with Gasteiger partial charge in [-0.05, 0) is 43.9 Å². The maximum absolute atomic E-state index is 13.0. The number of thiophene rings is 1. The fraction of sp³-hybridized carbons (Fsp3) is 0.409. The molecule has 0 saturated heterocycles. The maximum Gasteiger partial charge on any atom is 0.237 e. The Labute approximate surface area is 174 Å². The second-order valence-electron chi connectivity index (χ2n) is 7.57. The molecule has 3 heterocycles. The number of thioether (sulfide) groups is 1. The van der Waals surface area contributed by atoms with Crippen LogP contribution >= 0.6 is 23.1 Å². The van der Waals surface area contributed by atoms with Crippen molar-refractivity contribution in [3.05, 3.63) is 46.1 Å². The van der Waals surface area contributed by atoms with Crippen molar-refractivity contribution in [3.8, 4) is 0 Å². The first-order valence-corrected chi connectivity index (χ1v) is 11.5. The third kappa shape index (κ3) is 3.55. The molecule has 0 bridgehead atoms. The number of aromatic nitrogens is 2. The molecule has 4 nitrogen and oxygen atoms in total. The molecule has 146 valence electrons. The van der Waals surface area contributed by atoms with Crippen molar-refractivity contribution in [2.75, 3.05) is 17.2 Å². The Morgan fingerprint density at radius 1 is 1.25 bits per heavy atom. The highest BCUT2D eigenvalue weighted by atomic mass is 32.2. The van der Waals surface area contributed by atoms with Crippen LogP contribution < -0.4 is 4.90 Å². The van der Waals surface area contributed by atoms with Gasteiger partial charge in [-0.3, -0.25) is 4.79 Å². The van der Waals surface area contributed by atoms with Gasteiger partial charge in [-0.25, -0.2) is 9.97 Å². The monoisotopic (exact) mass is 411 g/mol. The topological polar surface area (TPSA) is 46.1 Å². The first-order chi connectivity index (χ1) is 13.5. The summed E-state index contributed by atoms with van der Waals surface area (Å²) < 4.78 is 0. The summed E-state index contributed by atoms with van der Waals surface area (Å²) in [6.07, 6.45) is 2.07. The van der Waals surface area contributed by atoms with Gasteiger partial charge in [0, 0.05) is 28.4 Å². The maximum atomic E-state index is 13.0. The van der Waals surface area contributed by atoms with Gasteiger partial charge < -0.3 is 4.90 Å². The summed E-state index contributed by atoms with van der Waals surface area (Å²) in [6.45, 7) is 9.27. The molecule has 3 aromatic rings. The van der Waals surface area contributed by atoms with Crippen molar-refractivity contribution in [2.45, 2.75) is 51.5 Å². The van der Waals surface area contributed by atoms with Gasteiger partial charge in [0.05, 0.1) is 5.75 Å². The fourth-order valence-electron chi connectivity index (χ4n) is 3.59. The highest BCUT2D eigenvalue weighted by molar-refractivity contribution is 8.00. The van der Waals surface area contributed by atoms with E-state index in [2.05, 4.69) is 39.8 Å². The second kappa shape index (κ2) is 7.84. The summed E-state index contributed by atoms with van der Waals surface area (Å²) in [5, 5.41) is 2.05. The van der Waals surface area contributed by atoms with E-state index in [0.717, 1.165) is 46.1 Å². The average molecular weight is 412 g/mol. The summed E-state index contributed by atoms with van der Waals surface area (Å²) >= 11 is 3.27. The summed E-state index contributed by atoms with van der Waals surface area (Å²) in [4.78, 5) is 26.9. The van der Waals surface area contributed by atoms with Crippen molar-refractivity contribution < 1.29 is 4.79 Å². The number of aryl methyl sites for hydroxylation is 3. The highest BCUT2D eigenvalue weighted by Gasteiger charge is 2.23. The third-order valence-corrected chi connectivity index (χ3v) is 7.33. The van der Waals surface area contributed by atoms with Crippen LogP contribution in [-0.2, 0) is 11.2 Å². The molecule has 0 N–H and O–H groups in total. The van der Waals surface area contributed by atoms with Crippen molar-refractivity contribution in [2.24, 2.45) is 0 Å². The zero-order valence-corrected chi connectivity index (χ0v) is 18.4. The van der Waals surface area contributed by atoms with Crippen LogP contribution in [0, 0.1) is 13.8 Å². The molecular formula is C22H25N3OS2. The quantitative estimate of drug-likeness (QED) is 0.420. The van der Waals surface area contributed by atoms with E-state index in [1.54, 1.807) is 23.1 Å². The Morgan fingerprint density at radius 2 is 2.04 bits per heavy atom. The molecule has 1 aliphatic heterocycles. The number of nitrogens with zero attached hydrogens (tertiary/aromatic N) is 3. The predicted octanol–water partition coefficient (Wildman–Crippen LogP) is 5.50. The first kappa shape index (κ1) is 19.4. The molecule has 0 unspecified atom stereocenters. The molecule has 0 radical (unpaired) electrons. The summed E-state index contributed by atoms with van der Waals surface area (Å²) in [6, 6.07) is 8.25. The molecule has 1 aromatic carbocycles. The van der Waals surface area contributed by atoms with Gasteiger partial charge in [-0.15, -0.1) is 11.3 Å². The molecule has 0 aliphatic carbocycles. The number of hydrogen-bond donors (Lipinski definition) is 0. The van der Waals surface area contributed by atoms with E-state index in [0.29, 0.717) is 5.75 Å². The summed E-state index contributed by atoms with van der Waals surface area (Å²) in [7, 11) is 0. The van der Waals surface area contributed by atoms with Crippen LogP contribution in [0.1, 0.15) is 48.0 Å². The fourth-order valence-corrected chi connectivity index (χ4v) is 5.66. The SMILES string of the molecule is Cc1sc2nc(C(C)C)nc(SCC(=O)N3CCCc4ccccc43)c2c1C. The minimum absolute atomic E-state index is 0.152. The molecule has 0 fully saturated rings. The minimum Gasteiger partial charge on any atom is -0.311 e. The molecule has 6 heteroatoms. The minimum atomic E-state index is 0.152. The second-order valence-corrected chi connectivity index (χ2v) is 9.74. The molecule has 28 heavy (non-hydrogen) atoms. The average Bonchev–Trinajstić information content (AvgIpc) is 2.99. The lowest BCUT2D eigenvalue weighted by atomic mass is 10.0. The number of carbonyl (C=O) groups excluding carboxylic acids is 1. The zero-order chi connectivity index (χ0) is 19.8. The normalized spacial score (nSPS) is 14.0. The lowest BCUT2D eigenvalue weighted by molar-refractivity contribution is -0.116. The molecule has 1 aliphatic rings. The Kier molecular flexibility index (Phi) is 5.43. The first-order valence-electron chi connectivity index (χ1n) is 9.74.